The molecule has 0 aliphatic carbocycles. The molecule has 0 amide bonds. The summed E-state index contributed by atoms with van der Waals surface area (Å²) in [5.41, 5.74) is 0.749. The summed E-state index contributed by atoms with van der Waals surface area (Å²) < 4.78 is 0. The molecule has 0 saturated carbocycles. The van der Waals surface area contributed by atoms with E-state index >= 15 is 0 Å². The molecule has 1 aromatic heterocycles. The number of aromatic carboxylic acids is 1. The number of carboxylic acid groups (broad SMARTS) is 1. The number of aliphatic hydroxyl groups is 1. The van der Waals surface area contributed by atoms with Crippen LogP contribution >= 0.6 is 11.3 Å². The van der Waals surface area contributed by atoms with E-state index in [0.29, 0.717) is 6.54 Å². The first kappa shape index (κ1) is 13.1. The Morgan fingerprint density at radius 1 is 1.69 bits per heavy atom. The standard InChI is InChI=1S/C10H16N2O3S/c1-7(13)3-2-4-11-5-8-6-16-9(12-8)10(14)15/h6-7,11,13H,2-5H2,1H3,(H,14,15). The SMILES string of the molecule is CC(O)CCCNCc1csc(C(=O)O)n1. The molecule has 0 saturated heterocycles. The summed E-state index contributed by atoms with van der Waals surface area (Å²) in [6, 6.07) is 0. The lowest BCUT2D eigenvalue weighted by atomic mass is 10.2. The average Bonchev–Trinajstić information content (AvgIpc) is 2.65. The maximum absolute atomic E-state index is 10.6. The zero-order valence-corrected chi connectivity index (χ0v) is 9.96. The maximum Gasteiger partial charge on any atom is 0.365 e. The molecule has 0 bridgehead atoms. The van der Waals surface area contributed by atoms with E-state index in [1.54, 1.807) is 12.3 Å². The molecule has 1 rings (SSSR count). The van der Waals surface area contributed by atoms with Crippen molar-refractivity contribution in [1.29, 1.82) is 0 Å². The minimum Gasteiger partial charge on any atom is -0.476 e. The monoisotopic (exact) mass is 244 g/mol. The van der Waals surface area contributed by atoms with Crippen LogP contribution in [0, 0.1) is 0 Å². The fourth-order valence-electron chi connectivity index (χ4n) is 1.23. The van der Waals surface area contributed by atoms with E-state index in [1.165, 1.54) is 0 Å². The second-order valence-electron chi connectivity index (χ2n) is 3.62. The summed E-state index contributed by atoms with van der Waals surface area (Å²) in [6.45, 7) is 3.13. The van der Waals surface area contributed by atoms with Crippen LogP contribution in [0.5, 0.6) is 0 Å². The second-order valence-corrected chi connectivity index (χ2v) is 4.48. The van der Waals surface area contributed by atoms with Gasteiger partial charge in [0.25, 0.3) is 0 Å². The number of aromatic nitrogens is 1. The Morgan fingerprint density at radius 2 is 2.44 bits per heavy atom. The molecule has 16 heavy (non-hydrogen) atoms. The summed E-state index contributed by atoms with van der Waals surface area (Å²) in [5, 5.41) is 22.7. The summed E-state index contributed by atoms with van der Waals surface area (Å²) in [4.78, 5) is 14.5. The minimum atomic E-state index is -0.981. The summed E-state index contributed by atoms with van der Waals surface area (Å²) >= 11 is 1.14. The Hall–Kier alpha value is -0.980. The Morgan fingerprint density at radius 3 is 3.00 bits per heavy atom. The van der Waals surface area contributed by atoms with Crippen molar-refractivity contribution >= 4 is 17.3 Å². The van der Waals surface area contributed by atoms with Crippen molar-refractivity contribution in [3.63, 3.8) is 0 Å². The molecule has 0 radical (unpaired) electrons. The van der Waals surface area contributed by atoms with Crippen LogP contribution in [0.15, 0.2) is 5.38 Å². The zero-order chi connectivity index (χ0) is 12.0. The van der Waals surface area contributed by atoms with Gasteiger partial charge in [0.15, 0.2) is 0 Å². The molecule has 90 valence electrons. The second kappa shape index (κ2) is 6.57. The van der Waals surface area contributed by atoms with Gasteiger partial charge in [-0.1, -0.05) is 0 Å². The molecule has 6 heteroatoms. The largest absolute Gasteiger partial charge is 0.476 e. The van der Waals surface area contributed by atoms with Crippen molar-refractivity contribution in [2.45, 2.75) is 32.4 Å². The van der Waals surface area contributed by atoms with E-state index in [2.05, 4.69) is 10.3 Å². The van der Waals surface area contributed by atoms with Gasteiger partial charge in [-0.05, 0) is 26.3 Å². The first-order valence-corrected chi connectivity index (χ1v) is 6.04. The molecule has 0 aromatic carbocycles. The van der Waals surface area contributed by atoms with Gasteiger partial charge in [0.05, 0.1) is 11.8 Å². The minimum absolute atomic E-state index is 0.126. The van der Waals surface area contributed by atoms with Gasteiger partial charge in [-0.3, -0.25) is 0 Å². The highest BCUT2D eigenvalue weighted by Gasteiger charge is 2.08. The molecular formula is C10H16N2O3S. The Bertz CT molecular complexity index is 339. The molecule has 1 heterocycles. The van der Waals surface area contributed by atoms with E-state index in [-0.39, 0.29) is 11.1 Å². The quantitative estimate of drug-likeness (QED) is 0.625. The van der Waals surface area contributed by atoms with Crippen LogP contribution in [0.25, 0.3) is 0 Å². The Labute approximate surface area is 98.1 Å². The number of nitrogens with zero attached hydrogens (tertiary/aromatic N) is 1. The number of hydrogen-bond acceptors (Lipinski definition) is 5. The van der Waals surface area contributed by atoms with Gasteiger partial charge < -0.3 is 15.5 Å². The first-order valence-electron chi connectivity index (χ1n) is 5.16. The topological polar surface area (TPSA) is 82.5 Å². The Balaban J connectivity index is 2.19. The van der Waals surface area contributed by atoms with E-state index in [1.807, 2.05) is 0 Å². The average molecular weight is 244 g/mol. The molecule has 3 N–H and O–H groups in total. The van der Waals surface area contributed by atoms with Crippen LogP contribution in [0.4, 0.5) is 0 Å². The molecule has 1 unspecified atom stereocenters. The third kappa shape index (κ3) is 4.69. The first-order chi connectivity index (χ1) is 7.59. The highest BCUT2D eigenvalue weighted by molar-refractivity contribution is 7.11. The van der Waals surface area contributed by atoms with Crippen LogP contribution in [0.2, 0.25) is 0 Å². The van der Waals surface area contributed by atoms with Crippen LogP contribution in [0.1, 0.15) is 35.3 Å². The highest BCUT2D eigenvalue weighted by Crippen LogP contribution is 2.09. The fraction of sp³-hybridized carbons (Fsp3) is 0.600. The van der Waals surface area contributed by atoms with Gasteiger partial charge in [-0.25, -0.2) is 9.78 Å². The lowest BCUT2D eigenvalue weighted by molar-refractivity contribution is 0.0696. The highest BCUT2D eigenvalue weighted by atomic mass is 32.1. The van der Waals surface area contributed by atoms with Crippen molar-refractivity contribution in [2.24, 2.45) is 0 Å². The Kier molecular flexibility index (Phi) is 5.37. The lowest BCUT2D eigenvalue weighted by Gasteiger charge is -2.04. The van der Waals surface area contributed by atoms with Gasteiger partial charge in [0.2, 0.25) is 5.01 Å². The molecule has 0 fully saturated rings. The van der Waals surface area contributed by atoms with Crippen LogP contribution < -0.4 is 5.32 Å². The number of carboxylic acids is 1. The van der Waals surface area contributed by atoms with Gasteiger partial charge in [-0.2, -0.15) is 0 Å². The molecule has 0 aliphatic heterocycles. The molecule has 1 atom stereocenters. The van der Waals surface area contributed by atoms with Gasteiger partial charge in [0.1, 0.15) is 0 Å². The van der Waals surface area contributed by atoms with E-state index in [0.717, 1.165) is 36.4 Å². The summed E-state index contributed by atoms with van der Waals surface area (Å²) in [6.07, 6.45) is 1.40. The number of thiazole rings is 1. The predicted octanol–water partition coefficient (Wildman–Crippen LogP) is 1.09. The van der Waals surface area contributed by atoms with Crippen LogP contribution in [0.3, 0.4) is 0 Å². The molecular weight excluding hydrogens is 228 g/mol. The van der Waals surface area contributed by atoms with E-state index in [9.17, 15) is 4.79 Å². The van der Waals surface area contributed by atoms with Crippen LogP contribution in [-0.4, -0.2) is 33.8 Å². The third-order valence-corrected chi connectivity index (χ3v) is 2.90. The normalized spacial score (nSPS) is 12.6. The lowest BCUT2D eigenvalue weighted by Crippen LogP contribution is -2.16. The van der Waals surface area contributed by atoms with Gasteiger partial charge >= 0.3 is 5.97 Å². The fourth-order valence-corrected chi connectivity index (χ4v) is 1.88. The van der Waals surface area contributed by atoms with E-state index < -0.39 is 5.97 Å². The summed E-state index contributed by atoms with van der Waals surface area (Å²) in [5.74, 6) is -0.981. The van der Waals surface area contributed by atoms with Crippen molar-refractivity contribution in [3.05, 3.63) is 16.1 Å². The van der Waals surface area contributed by atoms with Crippen molar-refractivity contribution < 1.29 is 15.0 Å². The van der Waals surface area contributed by atoms with Crippen molar-refractivity contribution in [2.75, 3.05) is 6.54 Å². The number of nitrogens with one attached hydrogen (secondary N) is 1. The molecule has 5 nitrogen and oxygen atoms in total. The number of carbonyl (C=O) groups is 1. The molecule has 0 aliphatic rings. The van der Waals surface area contributed by atoms with Gasteiger partial charge in [0, 0.05) is 11.9 Å². The molecule has 0 spiro atoms. The summed E-state index contributed by atoms with van der Waals surface area (Å²) in [7, 11) is 0. The molecule has 1 aromatic rings. The van der Waals surface area contributed by atoms with E-state index in [4.69, 9.17) is 10.2 Å². The number of hydrogen-bond donors (Lipinski definition) is 3. The maximum atomic E-state index is 10.6. The number of aliphatic hydroxyl groups excluding tert-OH is 1. The van der Waals surface area contributed by atoms with Gasteiger partial charge in [-0.15, -0.1) is 11.3 Å². The zero-order valence-electron chi connectivity index (χ0n) is 9.14. The third-order valence-electron chi connectivity index (χ3n) is 2.02. The predicted molar refractivity (Wildman–Crippen MR) is 61.7 cm³/mol. The van der Waals surface area contributed by atoms with Crippen molar-refractivity contribution in [3.8, 4) is 0 Å². The smallest absolute Gasteiger partial charge is 0.365 e. The van der Waals surface area contributed by atoms with Crippen LogP contribution in [-0.2, 0) is 6.54 Å². The van der Waals surface area contributed by atoms with Crippen molar-refractivity contribution in [1.82, 2.24) is 10.3 Å². The number of rotatable bonds is 7.